The molecular formula is C11H18ClN3S. The van der Waals surface area contributed by atoms with Crippen LogP contribution in [-0.2, 0) is 0 Å². The fraction of sp³-hybridized carbons (Fsp3) is 0.636. The van der Waals surface area contributed by atoms with E-state index in [2.05, 4.69) is 28.7 Å². The van der Waals surface area contributed by atoms with Gasteiger partial charge in [-0.05, 0) is 37.7 Å². The van der Waals surface area contributed by atoms with Crippen LogP contribution in [0.3, 0.4) is 0 Å². The molecular weight excluding hydrogens is 242 g/mol. The van der Waals surface area contributed by atoms with Crippen LogP contribution in [0.5, 0.6) is 0 Å². The van der Waals surface area contributed by atoms with E-state index in [4.69, 9.17) is 11.6 Å². The topological polar surface area (TPSA) is 37.8 Å². The summed E-state index contributed by atoms with van der Waals surface area (Å²) in [5.41, 5.74) is 2.08. The number of nitrogens with zero attached hydrogens (tertiary/aromatic N) is 2. The highest BCUT2D eigenvalue weighted by molar-refractivity contribution is 7.98. The maximum absolute atomic E-state index is 5.91. The number of hydrogen-bond donors (Lipinski definition) is 1. The van der Waals surface area contributed by atoms with Crippen molar-refractivity contribution >= 4 is 29.2 Å². The molecule has 1 rings (SSSR count). The van der Waals surface area contributed by atoms with Gasteiger partial charge in [-0.25, -0.2) is 0 Å². The maximum Gasteiger partial charge on any atom is 0.155 e. The molecule has 0 radical (unpaired) electrons. The van der Waals surface area contributed by atoms with Crippen molar-refractivity contribution in [1.82, 2.24) is 10.2 Å². The van der Waals surface area contributed by atoms with Crippen LogP contribution < -0.4 is 5.32 Å². The average molecular weight is 260 g/mol. The fourth-order valence-electron chi connectivity index (χ4n) is 1.37. The smallest absolute Gasteiger partial charge is 0.155 e. The van der Waals surface area contributed by atoms with Gasteiger partial charge in [-0.3, -0.25) is 0 Å². The second-order valence-corrected chi connectivity index (χ2v) is 5.06. The van der Waals surface area contributed by atoms with Gasteiger partial charge in [-0.1, -0.05) is 18.5 Å². The highest BCUT2D eigenvalue weighted by Crippen LogP contribution is 2.21. The van der Waals surface area contributed by atoms with Crippen LogP contribution in [-0.4, -0.2) is 28.2 Å². The lowest BCUT2D eigenvalue weighted by Gasteiger charge is -2.18. The molecule has 0 aliphatic rings. The van der Waals surface area contributed by atoms with Crippen LogP contribution >= 0.6 is 23.4 Å². The van der Waals surface area contributed by atoms with Gasteiger partial charge in [0.1, 0.15) is 0 Å². The van der Waals surface area contributed by atoms with Crippen LogP contribution in [0.25, 0.3) is 0 Å². The average Bonchev–Trinajstić information content (AvgIpc) is 2.29. The molecule has 0 saturated heterocycles. The molecule has 0 fully saturated rings. The number of hydrogen-bond acceptors (Lipinski definition) is 4. The number of anilines is 1. The zero-order chi connectivity index (χ0) is 12.1. The quantitative estimate of drug-likeness (QED) is 0.881. The monoisotopic (exact) mass is 259 g/mol. The van der Waals surface area contributed by atoms with Crippen molar-refractivity contribution in [3.05, 3.63) is 16.3 Å². The second-order valence-electron chi connectivity index (χ2n) is 3.79. The predicted octanol–water partition coefficient (Wildman–Crippen LogP) is 3.30. The van der Waals surface area contributed by atoms with Gasteiger partial charge in [0.15, 0.2) is 11.0 Å². The summed E-state index contributed by atoms with van der Waals surface area (Å²) in [5, 5.41) is 11.9. The number of thioether (sulfide) groups is 1. The molecule has 0 spiro atoms. The van der Waals surface area contributed by atoms with E-state index in [1.54, 1.807) is 0 Å². The third-order valence-corrected chi connectivity index (χ3v) is 3.76. The van der Waals surface area contributed by atoms with E-state index >= 15 is 0 Å². The second kappa shape index (κ2) is 6.30. The van der Waals surface area contributed by atoms with Crippen molar-refractivity contribution < 1.29 is 0 Å². The standard InChI is InChI=1S/C11H18ClN3S/c1-5-9(6-16-4)13-11-8(3)7(2)10(12)14-15-11/h9H,5-6H2,1-4H3,(H,13,15). The Morgan fingerprint density at radius 2 is 2.00 bits per heavy atom. The first-order valence-corrected chi connectivity index (χ1v) is 7.12. The summed E-state index contributed by atoms with van der Waals surface area (Å²) in [4.78, 5) is 0. The summed E-state index contributed by atoms with van der Waals surface area (Å²) in [6, 6.07) is 0.434. The first-order chi connectivity index (χ1) is 7.60. The number of rotatable bonds is 5. The zero-order valence-electron chi connectivity index (χ0n) is 10.2. The van der Waals surface area contributed by atoms with Crippen molar-refractivity contribution in [3.63, 3.8) is 0 Å². The molecule has 0 aliphatic heterocycles. The van der Waals surface area contributed by atoms with Crippen LogP contribution in [0.15, 0.2) is 0 Å². The van der Waals surface area contributed by atoms with Crippen molar-refractivity contribution in [2.45, 2.75) is 33.2 Å². The Bertz CT molecular complexity index is 357. The molecule has 0 aliphatic carbocycles. The highest BCUT2D eigenvalue weighted by Gasteiger charge is 2.11. The molecule has 90 valence electrons. The summed E-state index contributed by atoms with van der Waals surface area (Å²) in [5.74, 6) is 1.92. The minimum atomic E-state index is 0.434. The van der Waals surface area contributed by atoms with Gasteiger partial charge in [0.2, 0.25) is 0 Å². The van der Waals surface area contributed by atoms with Crippen molar-refractivity contribution in [3.8, 4) is 0 Å². The van der Waals surface area contributed by atoms with E-state index in [9.17, 15) is 0 Å². The third-order valence-electron chi connectivity index (χ3n) is 2.67. The lowest BCUT2D eigenvalue weighted by molar-refractivity contribution is 0.762. The Balaban J connectivity index is 2.84. The van der Waals surface area contributed by atoms with Crippen molar-refractivity contribution in [2.24, 2.45) is 0 Å². The summed E-state index contributed by atoms with van der Waals surface area (Å²) >= 11 is 7.74. The van der Waals surface area contributed by atoms with Gasteiger partial charge >= 0.3 is 0 Å². The van der Waals surface area contributed by atoms with Crippen LogP contribution in [0.2, 0.25) is 5.15 Å². The number of aromatic nitrogens is 2. The Morgan fingerprint density at radius 1 is 1.31 bits per heavy atom. The molecule has 5 heteroatoms. The first kappa shape index (κ1) is 13.6. The Labute approximate surface area is 106 Å². The number of nitrogens with one attached hydrogen (secondary N) is 1. The molecule has 1 N–H and O–H groups in total. The molecule has 0 bridgehead atoms. The maximum atomic E-state index is 5.91. The normalized spacial score (nSPS) is 12.6. The zero-order valence-corrected chi connectivity index (χ0v) is 11.7. The molecule has 16 heavy (non-hydrogen) atoms. The van der Waals surface area contributed by atoms with E-state index in [-0.39, 0.29) is 0 Å². The molecule has 1 heterocycles. The molecule has 1 atom stereocenters. The summed E-state index contributed by atoms with van der Waals surface area (Å²) < 4.78 is 0. The fourth-order valence-corrected chi connectivity index (χ4v) is 2.27. The SMILES string of the molecule is CCC(CSC)Nc1nnc(Cl)c(C)c1C. The lowest BCUT2D eigenvalue weighted by atomic mass is 10.2. The Kier molecular flexibility index (Phi) is 5.35. The van der Waals surface area contributed by atoms with E-state index in [0.717, 1.165) is 29.1 Å². The van der Waals surface area contributed by atoms with E-state index in [0.29, 0.717) is 11.2 Å². The van der Waals surface area contributed by atoms with Gasteiger partial charge in [0.25, 0.3) is 0 Å². The molecule has 3 nitrogen and oxygen atoms in total. The first-order valence-electron chi connectivity index (χ1n) is 5.35. The predicted molar refractivity (Wildman–Crippen MR) is 72.6 cm³/mol. The Morgan fingerprint density at radius 3 is 2.56 bits per heavy atom. The molecule has 1 unspecified atom stereocenters. The summed E-state index contributed by atoms with van der Waals surface area (Å²) in [7, 11) is 0. The highest BCUT2D eigenvalue weighted by atomic mass is 35.5. The minimum absolute atomic E-state index is 0.434. The van der Waals surface area contributed by atoms with Crippen molar-refractivity contribution in [2.75, 3.05) is 17.3 Å². The van der Waals surface area contributed by atoms with Crippen LogP contribution in [0, 0.1) is 13.8 Å². The van der Waals surface area contributed by atoms with E-state index in [1.807, 2.05) is 25.6 Å². The third kappa shape index (κ3) is 3.25. The molecule has 0 amide bonds. The summed E-state index contributed by atoms with van der Waals surface area (Å²) in [6.07, 6.45) is 3.18. The minimum Gasteiger partial charge on any atom is -0.365 e. The molecule has 1 aromatic heterocycles. The molecule has 1 aromatic rings. The lowest BCUT2D eigenvalue weighted by Crippen LogP contribution is -2.23. The van der Waals surface area contributed by atoms with Crippen LogP contribution in [0.1, 0.15) is 24.5 Å². The van der Waals surface area contributed by atoms with Gasteiger partial charge < -0.3 is 5.32 Å². The van der Waals surface area contributed by atoms with E-state index < -0.39 is 0 Å². The van der Waals surface area contributed by atoms with Crippen LogP contribution in [0.4, 0.5) is 5.82 Å². The van der Waals surface area contributed by atoms with Gasteiger partial charge in [0, 0.05) is 11.8 Å². The molecule has 0 saturated carbocycles. The largest absolute Gasteiger partial charge is 0.365 e. The molecule has 0 aromatic carbocycles. The van der Waals surface area contributed by atoms with Crippen molar-refractivity contribution in [1.29, 1.82) is 0 Å². The van der Waals surface area contributed by atoms with Gasteiger partial charge in [-0.2, -0.15) is 11.8 Å². The van der Waals surface area contributed by atoms with Gasteiger partial charge in [-0.15, -0.1) is 10.2 Å². The van der Waals surface area contributed by atoms with E-state index in [1.165, 1.54) is 0 Å². The van der Waals surface area contributed by atoms with Gasteiger partial charge in [0.05, 0.1) is 0 Å². The number of halogens is 1. The summed E-state index contributed by atoms with van der Waals surface area (Å²) in [6.45, 7) is 6.15. The Hall–Kier alpha value is -0.480.